The molecule has 0 fully saturated rings. The molecule has 0 saturated heterocycles. The zero-order valence-electron chi connectivity index (χ0n) is 10.1. The normalized spacial score (nSPS) is 13.8. The van der Waals surface area contributed by atoms with Gasteiger partial charge in [0.15, 0.2) is 0 Å². The molecule has 0 aliphatic heterocycles. The van der Waals surface area contributed by atoms with E-state index in [0.29, 0.717) is 6.04 Å². The molecule has 0 spiro atoms. The van der Waals surface area contributed by atoms with Crippen LogP contribution in [0, 0.1) is 5.41 Å². The van der Waals surface area contributed by atoms with Crippen molar-refractivity contribution in [2.75, 3.05) is 13.2 Å². The molecule has 0 aliphatic carbocycles. The van der Waals surface area contributed by atoms with E-state index in [2.05, 4.69) is 40.3 Å². The van der Waals surface area contributed by atoms with E-state index in [-0.39, 0.29) is 12.0 Å². The number of hydrogen-bond acceptors (Lipinski definition) is 2. The van der Waals surface area contributed by atoms with Crippen molar-refractivity contribution in [2.45, 2.75) is 26.8 Å². The zero-order chi connectivity index (χ0) is 12.2. The Bertz CT molecular complexity index is 338. The highest BCUT2D eigenvalue weighted by Crippen LogP contribution is 2.19. The lowest BCUT2D eigenvalue weighted by atomic mass is 9.94. The summed E-state index contributed by atoms with van der Waals surface area (Å²) in [4.78, 5) is 0. The van der Waals surface area contributed by atoms with Crippen LogP contribution in [0.2, 0.25) is 0 Å². The van der Waals surface area contributed by atoms with Crippen LogP contribution in [-0.4, -0.2) is 18.3 Å². The zero-order valence-corrected chi connectivity index (χ0v) is 11.7. The molecule has 3 heteroatoms. The molecule has 90 valence electrons. The largest absolute Gasteiger partial charge is 0.396 e. The van der Waals surface area contributed by atoms with Crippen molar-refractivity contribution in [3.05, 3.63) is 34.3 Å². The Labute approximate surface area is 106 Å². The maximum Gasteiger partial charge on any atom is 0.0494 e. The van der Waals surface area contributed by atoms with Crippen molar-refractivity contribution in [3.63, 3.8) is 0 Å². The van der Waals surface area contributed by atoms with E-state index in [1.54, 1.807) is 0 Å². The molecule has 2 N–H and O–H groups in total. The van der Waals surface area contributed by atoms with Crippen LogP contribution in [0.4, 0.5) is 0 Å². The monoisotopic (exact) mass is 285 g/mol. The van der Waals surface area contributed by atoms with Gasteiger partial charge in [0.25, 0.3) is 0 Å². The minimum Gasteiger partial charge on any atom is -0.396 e. The average Bonchev–Trinajstić information content (AvgIpc) is 2.26. The van der Waals surface area contributed by atoms with Crippen molar-refractivity contribution >= 4 is 15.9 Å². The molecule has 0 heterocycles. The molecule has 1 aromatic carbocycles. The smallest absolute Gasteiger partial charge is 0.0494 e. The van der Waals surface area contributed by atoms with Gasteiger partial charge in [-0.3, -0.25) is 0 Å². The van der Waals surface area contributed by atoms with E-state index in [0.717, 1.165) is 11.0 Å². The molecule has 0 unspecified atom stereocenters. The predicted molar refractivity (Wildman–Crippen MR) is 71.4 cm³/mol. The molecular weight excluding hydrogens is 266 g/mol. The first kappa shape index (κ1) is 13.7. The molecule has 16 heavy (non-hydrogen) atoms. The minimum absolute atomic E-state index is 0.0692. The third-order valence-electron chi connectivity index (χ3n) is 2.66. The predicted octanol–water partition coefficient (Wildman–Crippen LogP) is 3.12. The third-order valence-corrected chi connectivity index (χ3v) is 3.16. The molecule has 0 aromatic heterocycles. The minimum atomic E-state index is -0.0692. The Kier molecular flexibility index (Phi) is 4.96. The lowest BCUT2D eigenvalue weighted by Gasteiger charge is -2.25. The van der Waals surface area contributed by atoms with E-state index in [1.165, 1.54) is 5.56 Å². The molecule has 0 aliphatic rings. The summed E-state index contributed by atoms with van der Waals surface area (Å²) in [7, 11) is 0. The number of aliphatic hydroxyl groups excluding tert-OH is 1. The van der Waals surface area contributed by atoms with Gasteiger partial charge in [-0.15, -0.1) is 0 Å². The van der Waals surface area contributed by atoms with E-state index in [4.69, 9.17) is 0 Å². The van der Waals surface area contributed by atoms with Crippen LogP contribution in [0.3, 0.4) is 0 Å². The quantitative estimate of drug-likeness (QED) is 0.871. The first-order chi connectivity index (χ1) is 7.44. The van der Waals surface area contributed by atoms with Crippen molar-refractivity contribution in [2.24, 2.45) is 5.41 Å². The Morgan fingerprint density at radius 2 is 2.12 bits per heavy atom. The Morgan fingerprint density at radius 1 is 1.44 bits per heavy atom. The highest BCUT2D eigenvalue weighted by atomic mass is 79.9. The molecule has 0 bridgehead atoms. The maximum absolute atomic E-state index is 9.17. The first-order valence-corrected chi connectivity index (χ1v) is 6.33. The number of rotatable bonds is 5. The third kappa shape index (κ3) is 4.24. The van der Waals surface area contributed by atoms with E-state index >= 15 is 0 Å². The lowest BCUT2D eigenvalue weighted by Crippen LogP contribution is -2.33. The van der Waals surface area contributed by atoms with Crippen molar-refractivity contribution in [3.8, 4) is 0 Å². The molecule has 1 rings (SSSR count). The molecular formula is C13H20BrNO. The second kappa shape index (κ2) is 5.80. The first-order valence-electron chi connectivity index (χ1n) is 5.54. The summed E-state index contributed by atoms with van der Waals surface area (Å²) in [6.45, 7) is 7.23. The van der Waals surface area contributed by atoms with Crippen molar-refractivity contribution in [1.82, 2.24) is 5.32 Å². The molecule has 0 radical (unpaired) electrons. The molecule has 1 atom stereocenters. The lowest BCUT2D eigenvalue weighted by molar-refractivity contribution is 0.154. The molecule has 0 saturated carbocycles. The molecule has 2 nitrogen and oxygen atoms in total. The summed E-state index contributed by atoms with van der Waals surface area (Å²) in [5.74, 6) is 0. The number of benzene rings is 1. The van der Waals surface area contributed by atoms with Crippen LogP contribution in [0.5, 0.6) is 0 Å². The number of nitrogens with one attached hydrogen (secondary N) is 1. The van der Waals surface area contributed by atoms with Crippen LogP contribution in [0.15, 0.2) is 28.7 Å². The summed E-state index contributed by atoms with van der Waals surface area (Å²) < 4.78 is 1.10. The van der Waals surface area contributed by atoms with Gasteiger partial charge in [-0.2, -0.15) is 0 Å². The Hall–Kier alpha value is -0.380. The van der Waals surface area contributed by atoms with Gasteiger partial charge in [0.05, 0.1) is 0 Å². The summed E-state index contributed by atoms with van der Waals surface area (Å²) in [5, 5.41) is 12.6. The van der Waals surface area contributed by atoms with Crippen LogP contribution in [0.25, 0.3) is 0 Å². The molecule has 1 aromatic rings. The van der Waals surface area contributed by atoms with E-state index < -0.39 is 0 Å². The fourth-order valence-corrected chi connectivity index (χ4v) is 1.80. The number of halogens is 1. The van der Waals surface area contributed by atoms with Crippen LogP contribution < -0.4 is 5.32 Å². The van der Waals surface area contributed by atoms with Gasteiger partial charge in [-0.25, -0.2) is 0 Å². The Morgan fingerprint density at radius 3 is 2.69 bits per heavy atom. The van der Waals surface area contributed by atoms with E-state index in [9.17, 15) is 5.11 Å². The maximum atomic E-state index is 9.17. The van der Waals surface area contributed by atoms with Gasteiger partial charge in [-0.1, -0.05) is 41.9 Å². The summed E-state index contributed by atoms with van der Waals surface area (Å²) in [6.07, 6.45) is 0. The second-order valence-corrected chi connectivity index (χ2v) is 5.90. The standard InChI is InChI=1S/C13H20BrNO/c1-10(15-8-13(2,3)9-16)11-5-4-6-12(14)7-11/h4-7,10,15-16H,8-9H2,1-3H3/t10-/m1/s1. The van der Waals surface area contributed by atoms with Gasteiger partial charge in [-0.05, 0) is 24.6 Å². The fourth-order valence-electron chi connectivity index (χ4n) is 1.38. The van der Waals surface area contributed by atoms with Gasteiger partial charge >= 0.3 is 0 Å². The van der Waals surface area contributed by atoms with Crippen LogP contribution >= 0.6 is 15.9 Å². The number of aliphatic hydroxyl groups is 1. The van der Waals surface area contributed by atoms with Crippen LogP contribution in [-0.2, 0) is 0 Å². The van der Waals surface area contributed by atoms with Gasteiger partial charge in [0.1, 0.15) is 0 Å². The van der Waals surface area contributed by atoms with Gasteiger partial charge < -0.3 is 10.4 Å². The summed E-state index contributed by atoms with van der Waals surface area (Å²) >= 11 is 3.47. The van der Waals surface area contributed by atoms with Gasteiger partial charge in [0.2, 0.25) is 0 Å². The highest BCUT2D eigenvalue weighted by molar-refractivity contribution is 9.10. The number of hydrogen-bond donors (Lipinski definition) is 2. The van der Waals surface area contributed by atoms with Crippen molar-refractivity contribution in [1.29, 1.82) is 0 Å². The summed E-state index contributed by atoms with van der Waals surface area (Å²) in [5.41, 5.74) is 1.18. The van der Waals surface area contributed by atoms with E-state index in [1.807, 2.05) is 26.0 Å². The second-order valence-electron chi connectivity index (χ2n) is 4.98. The highest BCUT2D eigenvalue weighted by Gasteiger charge is 2.17. The summed E-state index contributed by atoms with van der Waals surface area (Å²) in [6, 6.07) is 8.57. The SMILES string of the molecule is C[C@@H](NCC(C)(C)CO)c1cccc(Br)c1. The van der Waals surface area contributed by atoms with Gasteiger partial charge in [0, 0.05) is 29.1 Å². The van der Waals surface area contributed by atoms with Crippen molar-refractivity contribution < 1.29 is 5.11 Å². The average molecular weight is 286 g/mol. The molecule has 0 amide bonds. The Balaban J connectivity index is 2.56. The topological polar surface area (TPSA) is 32.3 Å². The fraction of sp³-hybridized carbons (Fsp3) is 0.538. The van der Waals surface area contributed by atoms with Crippen LogP contribution in [0.1, 0.15) is 32.4 Å².